The van der Waals surface area contributed by atoms with E-state index in [1.807, 2.05) is 6.20 Å². The lowest BCUT2D eigenvalue weighted by atomic mass is 10.6. The maximum absolute atomic E-state index is 3.11. The molecule has 0 bridgehead atoms. The van der Waals surface area contributed by atoms with E-state index in [1.165, 1.54) is 0 Å². The second kappa shape index (κ2) is 2.93. The summed E-state index contributed by atoms with van der Waals surface area (Å²) in [6.45, 7) is 0.970. The maximum atomic E-state index is 3.11. The quantitative estimate of drug-likeness (QED) is 0.445. The number of hydrogen-bond acceptors (Lipinski definition) is 3. The fourth-order valence-corrected chi connectivity index (χ4v) is 0.886. The van der Waals surface area contributed by atoms with Gasteiger partial charge in [-0.2, -0.15) is 0 Å². The van der Waals surface area contributed by atoms with Gasteiger partial charge in [-0.15, -0.1) is 0 Å². The Bertz CT molecular complexity index is 64.1. The highest BCUT2D eigenvalue weighted by Gasteiger charge is 1.85. The average Bonchev–Trinajstić information content (AvgIpc) is 1.90. The molecule has 0 aromatic heterocycles. The molecule has 0 radical (unpaired) electrons. The molecule has 0 aromatic rings. The van der Waals surface area contributed by atoms with E-state index in [0.29, 0.717) is 0 Å². The van der Waals surface area contributed by atoms with Crippen molar-refractivity contribution in [1.82, 2.24) is 10.0 Å². The Labute approximate surface area is 47.5 Å². The molecule has 0 atom stereocenters. The maximum Gasteiger partial charge on any atom is 0.0750 e. The van der Waals surface area contributed by atoms with Gasteiger partial charge >= 0.3 is 0 Å². The lowest BCUT2D eigenvalue weighted by molar-refractivity contribution is 1.06. The van der Waals surface area contributed by atoms with Crippen LogP contribution < -0.4 is 10.0 Å². The molecule has 1 heterocycles. The van der Waals surface area contributed by atoms with Crippen LogP contribution in [0.5, 0.6) is 0 Å². The zero-order valence-electron chi connectivity index (χ0n) is 3.98. The fraction of sp³-hybridized carbons (Fsp3) is 0.500. The number of hydrogen-bond donors (Lipinski definition) is 2. The highest BCUT2D eigenvalue weighted by atomic mass is 32.2. The molecule has 0 aliphatic carbocycles. The molecule has 1 rings (SSSR count). The summed E-state index contributed by atoms with van der Waals surface area (Å²) < 4.78 is 3.11. The van der Waals surface area contributed by atoms with E-state index in [-0.39, 0.29) is 0 Å². The van der Waals surface area contributed by atoms with Gasteiger partial charge in [-0.3, -0.25) is 4.72 Å². The zero-order chi connectivity index (χ0) is 4.95. The Kier molecular flexibility index (Phi) is 2.09. The second-order valence-corrected chi connectivity index (χ2v) is 2.11. The molecule has 1 aliphatic heterocycles. The van der Waals surface area contributed by atoms with E-state index < -0.39 is 0 Å². The first-order chi connectivity index (χ1) is 3.50. The molecule has 0 amide bonds. The lowest BCUT2D eigenvalue weighted by Crippen LogP contribution is -2.05. The Balaban J connectivity index is 2.20. The van der Waals surface area contributed by atoms with E-state index in [2.05, 4.69) is 16.1 Å². The van der Waals surface area contributed by atoms with E-state index in [1.54, 1.807) is 11.9 Å². The minimum absolute atomic E-state index is 0.969. The molecule has 0 unspecified atom stereocenters. The van der Waals surface area contributed by atoms with Crippen molar-refractivity contribution in [2.24, 2.45) is 0 Å². The summed E-state index contributed by atoms with van der Waals surface area (Å²) in [5.41, 5.74) is 0. The van der Waals surface area contributed by atoms with Gasteiger partial charge in [-0.1, -0.05) is 18.0 Å². The molecule has 7 heavy (non-hydrogen) atoms. The van der Waals surface area contributed by atoms with Crippen molar-refractivity contribution in [3.63, 3.8) is 0 Å². The molecule has 1 aliphatic rings. The molecule has 2 N–H and O–H groups in total. The molecule has 2 nitrogen and oxygen atoms in total. The minimum atomic E-state index is 0.969. The molecule has 0 saturated heterocycles. The monoisotopic (exact) mass is 116 g/mol. The summed E-state index contributed by atoms with van der Waals surface area (Å²) in [6, 6.07) is 0. The fourth-order valence-electron chi connectivity index (χ4n) is 0.390. The van der Waals surface area contributed by atoms with Crippen LogP contribution in [-0.2, 0) is 0 Å². The first-order valence-corrected chi connectivity index (χ1v) is 3.22. The van der Waals surface area contributed by atoms with E-state index in [0.717, 1.165) is 12.4 Å². The Morgan fingerprint density at radius 1 is 1.57 bits per heavy atom. The SMILES string of the molecule is C1=CNCSNC1. The third-order valence-electron chi connectivity index (χ3n) is 0.694. The van der Waals surface area contributed by atoms with Crippen LogP contribution in [0.3, 0.4) is 0 Å². The van der Waals surface area contributed by atoms with Crippen molar-refractivity contribution in [3.8, 4) is 0 Å². The predicted octanol–water partition coefficient (Wildman–Crippen LogP) is 0.299. The van der Waals surface area contributed by atoms with E-state index >= 15 is 0 Å². The van der Waals surface area contributed by atoms with Crippen LogP contribution in [0.2, 0.25) is 0 Å². The topological polar surface area (TPSA) is 24.1 Å². The summed E-state index contributed by atoms with van der Waals surface area (Å²) in [5.74, 6) is 0.969. The summed E-state index contributed by atoms with van der Waals surface area (Å²) in [4.78, 5) is 0. The van der Waals surface area contributed by atoms with Gasteiger partial charge in [0.1, 0.15) is 0 Å². The molecule has 0 aromatic carbocycles. The highest BCUT2D eigenvalue weighted by Crippen LogP contribution is 1.90. The second-order valence-electron chi connectivity index (χ2n) is 1.24. The Hall–Kier alpha value is -0.150. The van der Waals surface area contributed by atoms with Crippen LogP contribution >= 0.6 is 11.9 Å². The average molecular weight is 116 g/mol. The minimum Gasteiger partial charge on any atom is -0.381 e. The van der Waals surface area contributed by atoms with Crippen LogP contribution in [0.1, 0.15) is 0 Å². The van der Waals surface area contributed by atoms with Crippen LogP contribution in [0.4, 0.5) is 0 Å². The lowest BCUT2D eigenvalue weighted by Gasteiger charge is -1.92. The van der Waals surface area contributed by atoms with Gasteiger partial charge < -0.3 is 5.32 Å². The number of nitrogens with one attached hydrogen (secondary N) is 2. The first-order valence-electron chi connectivity index (χ1n) is 2.23. The summed E-state index contributed by atoms with van der Waals surface area (Å²) in [6.07, 6.45) is 4.02. The predicted molar refractivity (Wildman–Crippen MR) is 32.7 cm³/mol. The third kappa shape index (κ3) is 1.85. The third-order valence-corrected chi connectivity index (χ3v) is 1.38. The van der Waals surface area contributed by atoms with E-state index in [4.69, 9.17) is 0 Å². The summed E-state index contributed by atoms with van der Waals surface area (Å²) in [5, 5.41) is 3.07. The molecule has 40 valence electrons. The van der Waals surface area contributed by atoms with Gasteiger partial charge in [0.2, 0.25) is 0 Å². The summed E-state index contributed by atoms with van der Waals surface area (Å²) >= 11 is 1.69. The Morgan fingerprint density at radius 2 is 2.57 bits per heavy atom. The molecule has 0 saturated carbocycles. The van der Waals surface area contributed by atoms with Gasteiger partial charge in [0.05, 0.1) is 5.88 Å². The number of rotatable bonds is 0. The highest BCUT2D eigenvalue weighted by molar-refractivity contribution is 7.97. The standard InChI is InChI=1S/C4H8N2S/c1-2-5-4-7-6-3-1/h1-2,5-6H,3-4H2. The smallest absolute Gasteiger partial charge is 0.0750 e. The van der Waals surface area contributed by atoms with Crippen molar-refractivity contribution >= 4 is 11.9 Å². The van der Waals surface area contributed by atoms with Crippen molar-refractivity contribution < 1.29 is 0 Å². The van der Waals surface area contributed by atoms with Crippen molar-refractivity contribution in [3.05, 3.63) is 12.3 Å². The van der Waals surface area contributed by atoms with Gasteiger partial charge in [0, 0.05) is 6.54 Å². The van der Waals surface area contributed by atoms with Gasteiger partial charge in [-0.05, 0) is 6.20 Å². The first kappa shape index (κ1) is 5.00. The molecular formula is C4H8N2S. The summed E-state index contributed by atoms with van der Waals surface area (Å²) in [7, 11) is 0. The van der Waals surface area contributed by atoms with E-state index in [9.17, 15) is 0 Å². The van der Waals surface area contributed by atoms with Crippen LogP contribution in [-0.4, -0.2) is 12.4 Å². The van der Waals surface area contributed by atoms with Crippen LogP contribution in [0.25, 0.3) is 0 Å². The molecule has 0 spiro atoms. The normalized spacial score (nSPS) is 20.6. The molecule has 3 heteroatoms. The molecule has 0 fully saturated rings. The zero-order valence-corrected chi connectivity index (χ0v) is 4.79. The van der Waals surface area contributed by atoms with Gasteiger partial charge in [0.15, 0.2) is 0 Å². The molecular weight excluding hydrogens is 108 g/mol. The van der Waals surface area contributed by atoms with Crippen molar-refractivity contribution in [2.75, 3.05) is 12.4 Å². The van der Waals surface area contributed by atoms with Crippen molar-refractivity contribution in [2.45, 2.75) is 0 Å². The largest absolute Gasteiger partial charge is 0.381 e. The van der Waals surface area contributed by atoms with Crippen molar-refractivity contribution in [1.29, 1.82) is 0 Å². The van der Waals surface area contributed by atoms with Crippen LogP contribution in [0, 0.1) is 0 Å². The van der Waals surface area contributed by atoms with Gasteiger partial charge in [0.25, 0.3) is 0 Å². The van der Waals surface area contributed by atoms with Crippen LogP contribution in [0.15, 0.2) is 12.3 Å². The Morgan fingerprint density at radius 3 is 3.57 bits per heavy atom. The van der Waals surface area contributed by atoms with Gasteiger partial charge in [-0.25, -0.2) is 0 Å².